The second kappa shape index (κ2) is 4.52. The lowest BCUT2D eigenvalue weighted by atomic mass is 10.0. The molecule has 0 aliphatic carbocycles. The second-order valence-corrected chi connectivity index (χ2v) is 6.96. The van der Waals surface area contributed by atoms with E-state index < -0.39 is 5.60 Å². The fourth-order valence-corrected chi connectivity index (χ4v) is 3.60. The predicted octanol–water partition coefficient (Wildman–Crippen LogP) is 1.93. The number of nitrogens with zero attached hydrogens (tertiary/aromatic N) is 1. The van der Waals surface area contributed by atoms with Crippen molar-refractivity contribution >= 4 is 23.6 Å². The van der Waals surface area contributed by atoms with E-state index >= 15 is 0 Å². The van der Waals surface area contributed by atoms with E-state index in [-0.39, 0.29) is 17.3 Å². The van der Waals surface area contributed by atoms with Gasteiger partial charge in [-0.3, -0.25) is 4.79 Å². The van der Waals surface area contributed by atoms with Crippen LogP contribution in [-0.2, 0) is 9.53 Å². The number of hydrogen-bond acceptors (Lipinski definition) is 4. The van der Waals surface area contributed by atoms with E-state index in [0.29, 0.717) is 25.3 Å². The number of hydrogen-bond donors (Lipinski definition) is 0. The van der Waals surface area contributed by atoms with Crippen LogP contribution < -0.4 is 0 Å². The van der Waals surface area contributed by atoms with Crippen molar-refractivity contribution in [1.29, 1.82) is 0 Å². The molecule has 2 rings (SSSR count). The van der Waals surface area contributed by atoms with Gasteiger partial charge in [-0.1, -0.05) is 0 Å². The zero-order valence-corrected chi connectivity index (χ0v) is 11.4. The van der Waals surface area contributed by atoms with Crippen LogP contribution in [0.25, 0.3) is 0 Å². The minimum atomic E-state index is -0.470. The van der Waals surface area contributed by atoms with Gasteiger partial charge in [-0.05, 0) is 20.8 Å². The maximum absolute atomic E-state index is 11.9. The van der Waals surface area contributed by atoms with Crippen molar-refractivity contribution in [1.82, 2.24) is 4.90 Å². The van der Waals surface area contributed by atoms with Crippen LogP contribution in [0, 0.1) is 5.92 Å². The molecule has 1 amide bonds. The minimum Gasteiger partial charge on any atom is -0.444 e. The summed E-state index contributed by atoms with van der Waals surface area (Å²) in [6.07, 6.45) is 0.355. The summed E-state index contributed by atoms with van der Waals surface area (Å²) in [5.41, 5.74) is -0.470. The number of amides is 1. The number of ketones is 1. The minimum absolute atomic E-state index is 0.0290. The normalized spacial score (nSPS) is 29.1. The monoisotopic (exact) mass is 257 g/mol. The van der Waals surface area contributed by atoms with Crippen LogP contribution in [-0.4, -0.2) is 46.5 Å². The Kier molecular flexibility index (Phi) is 3.39. The summed E-state index contributed by atoms with van der Waals surface area (Å²) in [4.78, 5) is 25.3. The first-order chi connectivity index (χ1) is 7.87. The van der Waals surface area contributed by atoms with E-state index in [0.717, 1.165) is 5.75 Å². The molecular formula is C12H19NO3S. The molecule has 96 valence electrons. The van der Waals surface area contributed by atoms with Crippen LogP contribution in [0.2, 0.25) is 0 Å². The molecule has 0 saturated carbocycles. The van der Waals surface area contributed by atoms with Crippen molar-refractivity contribution in [3.05, 3.63) is 0 Å². The molecule has 0 unspecified atom stereocenters. The van der Waals surface area contributed by atoms with E-state index in [4.69, 9.17) is 4.74 Å². The highest BCUT2D eigenvalue weighted by Crippen LogP contribution is 2.34. The van der Waals surface area contributed by atoms with Crippen LogP contribution in [0.3, 0.4) is 0 Å². The van der Waals surface area contributed by atoms with E-state index in [2.05, 4.69) is 0 Å². The molecule has 2 fully saturated rings. The first-order valence-corrected chi connectivity index (χ1v) is 7.04. The van der Waals surface area contributed by atoms with Crippen LogP contribution in [0.4, 0.5) is 4.79 Å². The first-order valence-electron chi connectivity index (χ1n) is 5.99. The molecule has 2 saturated heterocycles. The Bertz CT molecular complexity index is 337. The molecule has 4 nitrogen and oxygen atoms in total. The van der Waals surface area contributed by atoms with Crippen molar-refractivity contribution in [2.24, 2.45) is 5.92 Å². The van der Waals surface area contributed by atoms with Gasteiger partial charge in [-0.2, -0.15) is 11.8 Å². The number of likely N-dealkylation sites (tertiary alicyclic amines) is 1. The van der Waals surface area contributed by atoms with Gasteiger partial charge in [0, 0.05) is 36.4 Å². The number of ether oxygens (including phenoxy) is 1. The van der Waals surface area contributed by atoms with E-state index in [1.54, 1.807) is 16.7 Å². The Balaban J connectivity index is 1.97. The van der Waals surface area contributed by atoms with Crippen molar-refractivity contribution in [2.75, 3.05) is 18.8 Å². The molecule has 0 aromatic carbocycles. The number of carbonyl (C=O) groups is 2. The van der Waals surface area contributed by atoms with Gasteiger partial charge in [0.05, 0.1) is 0 Å². The maximum Gasteiger partial charge on any atom is 0.410 e. The van der Waals surface area contributed by atoms with Gasteiger partial charge < -0.3 is 9.64 Å². The first kappa shape index (κ1) is 12.7. The fraction of sp³-hybridized carbons (Fsp3) is 0.833. The molecular weight excluding hydrogens is 238 g/mol. The molecule has 2 atom stereocenters. The zero-order valence-electron chi connectivity index (χ0n) is 10.6. The fourth-order valence-electron chi connectivity index (χ4n) is 2.22. The highest BCUT2D eigenvalue weighted by atomic mass is 32.2. The van der Waals surface area contributed by atoms with Gasteiger partial charge in [0.25, 0.3) is 0 Å². The molecule has 0 N–H and O–H groups in total. The molecule has 2 heterocycles. The Morgan fingerprint density at radius 2 is 2.12 bits per heavy atom. The SMILES string of the molecule is CC(C)(C)OC(=O)N1C[C@@H]2C(=O)CCS[C@@H]2C1. The summed E-state index contributed by atoms with van der Waals surface area (Å²) in [6.45, 7) is 6.75. The highest BCUT2D eigenvalue weighted by Gasteiger charge is 2.42. The van der Waals surface area contributed by atoms with Crippen molar-refractivity contribution < 1.29 is 14.3 Å². The van der Waals surface area contributed by atoms with Gasteiger partial charge in [-0.25, -0.2) is 4.79 Å². The number of Topliss-reactive ketones (excluding diaryl/α,β-unsaturated/α-hetero) is 1. The summed E-state index contributed by atoms with van der Waals surface area (Å²) in [5.74, 6) is 1.23. The lowest BCUT2D eigenvalue weighted by Crippen LogP contribution is -2.35. The summed E-state index contributed by atoms with van der Waals surface area (Å²) in [7, 11) is 0. The quantitative estimate of drug-likeness (QED) is 0.665. The van der Waals surface area contributed by atoms with E-state index in [9.17, 15) is 9.59 Å². The third-order valence-corrected chi connectivity index (χ3v) is 4.36. The average Bonchev–Trinajstić information content (AvgIpc) is 2.60. The van der Waals surface area contributed by atoms with Crippen LogP contribution in [0.15, 0.2) is 0 Å². The Labute approximate surface area is 106 Å². The lowest BCUT2D eigenvalue weighted by molar-refractivity contribution is -0.122. The molecule has 0 aromatic heterocycles. The van der Waals surface area contributed by atoms with Crippen molar-refractivity contribution in [3.8, 4) is 0 Å². The summed E-state index contributed by atoms with van der Waals surface area (Å²) in [5, 5.41) is 0.281. The maximum atomic E-state index is 11.9. The molecule has 17 heavy (non-hydrogen) atoms. The highest BCUT2D eigenvalue weighted by molar-refractivity contribution is 8.00. The Morgan fingerprint density at radius 3 is 2.71 bits per heavy atom. The third kappa shape index (κ3) is 2.94. The summed E-state index contributed by atoms with van der Waals surface area (Å²) in [6, 6.07) is 0. The number of thioether (sulfide) groups is 1. The molecule has 0 aromatic rings. The topological polar surface area (TPSA) is 46.6 Å². The van der Waals surface area contributed by atoms with Gasteiger partial charge in [0.2, 0.25) is 0 Å². The molecule has 0 radical (unpaired) electrons. The van der Waals surface area contributed by atoms with Crippen LogP contribution in [0.5, 0.6) is 0 Å². The van der Waals surface area contributed by atoms with Gasteiger partial charge >= 0.3 is 6.09 Å². The van der Waals surface area contributed by atoms with Crippen LogP contribution in [0.1, 0.15) is 27.2 Å². The Hall–Kier alpha value is -0.710. The van der Waals surface area contributed by atoms with Crippen molar-refractivity contribution in [2.45, 2.75) is 38.0 Å². The van der Waals surface area contributed by atoms with Gasteiger partial charge in [-0.15, -0.1) is 0 Å². The number of carbonyl (C=O) groups excluding carboxylic acids is 2. The average molecular weight is 257 g/mol. The van der Waals surface area contributed by atoms with Gasteiger partial charge in [0.15, 0.2) is 0 Å². The zero-order chi connectivity index (χ0) is 12.6. The van der Waals surface area contributed by atoms with E-state index in [1.165, 1.54) is 0 Å². The summed E-state index contributed by atoms with van der Waals surface area (Å²) >= 11 is 1.81. The molecule has 0 spiro atoms. The number of fused-ring (bicyclic) bond motifs is 1. The van der Waals surface area contributed by atoms with E-state index in [1.807, 2.05) is 20.8 Å². The molecule has 0 bridgehead atoms. The predicted molar refractivity (Wildman–Crippen MR) is 67.2 cm³/mol. The third-order valence-electron chi connectivity index (χ3n) is 3.01. The molecule has 5 heteroatoms. The van der Waals surface area contributed by atoms with Crippen molar-refractivity contribution in [3.63, 3.8) is 0 Å². The summed E-state index contributed by atoms with van der Waals surface area (Å²) < 4.78 is 5.33. The molecule has 2 aliphatic heterocycles. The van der Waals surface area contributed by atoms with Crippen LogP contribution >= 0.6 is 11.8 Å². The van der Waals surface area contributed by atoms with Gasteiger partial charge in [0.1, 0.15) is 11.4 Å². The smallest absolute Gasteiger partial charge is 0.410 e. The largest absolute Gasteiger partial charge is 0.444 e. The molecule has 2 aliphatic rings. The Morgan fingerprint density at radius 1 is 1.41 bits per heavy atom. The number of rotatable bonds is 0. The second-order valence-electron chi connectivity index (χ2n) is 5.62. The standard InChI is InChI=1S/C12H19NO3S/c1-12(2,3)16-11(15)13-6-8-9(14)4-5-17-10(8)7-13/h8,10H,4-7H2,1-3H3/t8-,10-/m1/s1. The lowest BCUT2D eigenvalue weighted by Gasteiger charge is -2.24.